The van der Waals surface area contributed by atoms with Gasteiger partial charge in [-0.2, -0.15) is 9.30 Å². The van der Waals surface area contributed by atoms with Crippen molar-refractivity contribution < 1.29 is 18.0 Å². The number of nitrogens with one attached hydrogen (secondary N) is 1. The first kappa shape index (κ1) is 24.3. The Bertz CT molecular complexity index is 1390. The molecule has 2 aromatic carbocycles. The number of fused-ring (bicyclic) bond motifs is 1. The van der Waals surface area contributed by atoms with Crippen molar-refractivity contribution in [2.24, 2.45) is 12.0 Å². The second-order valence-electron chi connectivity index (χ2n) is 7.15. The number of aromatic nitrogens is 1. The molecule has 0 aliphatic carbocycles. The Morgan fingerprint density at radius 2 is 1.76 bits per heavy atom. The summed E-state index contributed by atoms with van der Waals surface area (Å²) in [6.45, 7) is 8.91. The maximum absolute atomic E-state index is 12.8. The van der Waals surface area contributed by atoms with E-state index >= 15 is 0 Å². The Hall–Kier alpha value is -3.34. The Labute approximate surface area is 196 Å². The molecular formula is C23H24N4O4S2. The summed E-state index contributed by atoms with van der Waals surface area (Å²) in [5, 5.41) is 2.73. The molecule has 3 rings (SSSR count). The summed E-state index contributed by atoms with van der Waals surface area (Å²) in [7, 11) is -1.95. The van der Waals surface area contributed by atoms with Crippen molar-refractivity contribution in [1.82, 2.24) is 8.87 Å². The largest absolute Gasteiger partial charge is 0.326 e. The van der Waals surface area contributed by atoms with Crippen LogP contribution in [0, 0.1) is 0 Å². The molecule has 0 aliphatic rings. The Morgan fingerprint density at radius 1 is 1.12 bits per heavy atom. The fourth-order valence-corrected chi connectivity index (χ4v) is 5.59. The minimum atomic E-state index is -3.75. The van der Waals surface area contributed by atoms with Crippen molar-refractivity contribution in [2.75, 3.05) is 18.4 Å². The topological polar surface area (TPSA) is 101 Å². The number of hydrogen-bond donors (Lipinski definition) is 1. The van der Waals surface area contributed by atoms with Gasteiger partial charge in [0.25, 0.3) is 5.91 Å². The van der Waals surface area contributed by atoms with Gasteiger partial charge in [-0.3, -0.25) is 9.59 Å². The lowest BCUT2D eigenvalue weighted by Crippen LogP contribution is -2.31. The van der Waals surface area contributed by atoms with E-state index in [-0.39, 0.29) is 29.5 Å². The van der Waals surface area contributed by atoms with Gasteiger partial charge in [0.2, 0.25) is 15.9 Å². The van der Waals surface area contributed by atoms with Gasteiger partial charge in [0.15, 0.2) is 4.80 Å². The number of amides is 2. The van der Waals surface area contributed by atoms with Crippen LogP contribution in [0.15, 0.2) is 77.7 Å². The number of benzene rings is 2. The summed E-state index contributed by atoms with van der Waals surface area (Å²) in [6, 6.07) is 11.1. The lowest BCUT2D eigenvalue weighted by atomic mass is 10.2. The van der Waals surface area contributed by atoms with E-state index in [2.05, 4.69) is 23.5 Å². The third kappa shape index (κ3) is 5.36. The zero-order valence-electron chi connectivity index (χ0n) is 18.3. The average molecular weight is 485 g/mol. The van der Waals surface area contributed by atoms with E-state index in [1.807, 2.05) is 12.1 Å². The number of thiazole rings is 1. The molecule has 10 heteroatoms. The first-order chi connectivity index (χ1) is 15.7. The van der Waals surface area contributed by atoms with Crippen LogP contribution in [0.25, 0.3) is 10.2 Å². The van der Waals surface area contributed by atoms with E-state index in [0.717, 1.165) is 10.2 Å². The highest BCUT2D eigenvalue weighted by molar-refractivity contribution is 7.89. The van der Waals surface area contributed by atoms with Crippen LogP contribution in [0.3, 0.4) is 0 Å². The van der Waals surface area contributed by atoms with Crippen LogP contribution < -0.4 is 10.1 Å². The normalized spacial score (nSPS) is 12.2. The summed E-state index contributed by atoms with van der Waals surface area (Å²) in [5.41, 5.74) is 1.80. The van der Waals surface area contributed by atoms with Crippen molar-refractivity contribution in [1.29, 1.82) is 0 Å². The molecule has 0 fully saturated rings. The third-order valence-corrected chi connectivity index (χ3v) is 7.67. The van der Waals surface area contributed by atoms with E-state index in [4.69, 9.17) is 0 Å². The van der Waals surface area contributed by atoms with E-state index < -0.39 is 15.9 Å². The van der Waals surface area contributed by atoms with Gasteiger partial charge in [-0.1, -0.05) is 23.5 Å². The Morgan fingerprint density at radius 3 is 2.33 bits per heavy atom. The van der Waals surface area contributed by atoms with Gasteiger partial charge in [0.05, 0.1) is 15.1 Å². The van der Waals surface area contributed by atoms with Gasteiger partial charge in [-0.15, -0.1) is 13.2 Å². The number of hydrogen-bond acceptors (Lipinski definition) is 5. The van der Waals surface area contributed by atoms with Crippen molar-refractivity contribution in [3.05, 3.63) is 78.1 Å². The second-order valence-corrected chi connectivity index (χ2v) is 10.1. The van der Waals surface area contributed by atoms with Crippen molar-refractivity contribution in [2.45, 2.75) is 11.8 Å². The zero-order chi connectivity index (χ0) is 24.2. The van der Waals surface area contributed by atoms with Crippen molar-refractivity contribution >= 4 is 49.1 Å². The van der Waals surface area contributed by atoms with Crippen molar-refractivity contribution in [3.63, 3.8) is 0 Å². The van der Waals surface area contributed by atoms with Gasteiger partial charge < -0.3 is 9.88 Å². The summed E-state index contributed by atoms with van der Waals surface area (Å²) >= 11 is 1.31. The van der Waals surface area contributed by atoms with Gasteiger partial charge in [-0.25, -0.2) is 8.42 Å². The number of aryl methyl sites for hydroxylation is 1. The molecule has 3 aromatic rings. The van der Waals surface area contributed by atoms with Crippen LogP contribution >= 0.6 is 11.3 Å². The molecule has 0 bridgehead atoms. The van der Waals surface area contributed by atoms with Crippen molar-refractivity contribution in [3.8, 4) is 0 Å². The van der Waals surface area contributed by atoms with Crippen LogP contribution in [0.1, 0.15) is 17.3 Å². The van der Waals surface area contributed by atoms with Gasteiger partial charge in [0.1, 0.15) is 0 Å². The van der Waals surface area contributed by atoms with Crippen LogP contribution in [0.5, 0.6) is 0 Å². The molecule has 0 unspecified atom stereocenters. The standard InChI is InChI=1S/C23H24N4O4S2/c1-5-13-27(14-6-2)33(30,31)19-10-7-17(8-11-19)22(29)25-23-26(4)20-12-9-18(24-16(3)28)15-21(20)32-23/h5-12,15H,1-2,13-14H2,3-4H3,(H,24,28). The fraction of sp³-hybridized carbons (Fsp3) is 0.174. The number of sulfonamides is 1. The molecular weight excluding hydrogens is 460 g/mol. The number of carbonyl (C=O) groups excluding carboxylic acids is 2. The second kappa shape index (κ2) is 10.1. The van der Waals surface area contributed by atoms with Crippen LogP contribution in [-0.2, 0) is 21.9 Å². The number of nitrogens with zero attached hydrogens (tertiary/aromatic N) is 3. The minimum absolute atomic E-state index is 0.0701. The van der Waals surface area contributed by atoms with E-state index in [1.165, 1.54) is 59.0 Å². The monoisotopic (exact) mass is 484 g/mol. The first-order valence-corrected chi connectivity index (χ1v) is 12.2. The molecule has 0 radical (unpaired) electrons. The summed E-state index contributed by atoms with van der Waals surface area (Å²) in [5.74, 6) is -0.657. The number of carbonyl (C=O) groups is 2. The SMILES string of the molecule is C=CCN(CC=C)S(=O)(=O)c1ccc(C(=O)N=c2sc3cc(NC(C)=O)ccc3n2C)cc1. The predicted octanol–water partition coefficient (Wildman–Crippen LogP) is 3.30. The summed E-state index contributed by atoms with van der Waals surface area (Å²) in [6.07, 6.45) is 3.00. The van der Waals surface area contributed by atoms with Crippen LogP contribution in [-0.4, -0.2) is 42.2 Å². The highest BCUT2D eigenvalue weighted by atomic mass is 32.2. The maximum atomic E-state index is 12.8. The quantitative estimate of drug-likeness (QED) is 0.496. The van der Waals surface area contributed by atoms with Gasteiger partial charge in [-0.05, 0) is 42.5 Å². The van der Waals surface area contributed by atoms with Gasteiger partial charge >= 0.3 is 0 Å². The highest BCUT2D eigenvalue weighted by Gasteiger charge is 2.22. The average Bonchev–Trinajstić information content (AvgIpc) is 3.07. The Balaban J connectivity index is 1.91. The fourth-order valence-electron chi connectivity index (χ4n) is 3.15. The molecule has 2 amide bonds. The molecule has 1 heterocycles. The molecule has 33 heavy (non-hydrogen) atoms. The first-order valence-electron chi connectivity index (χ1n) is 9.95. The molecule has 0 spiro atoms. The molecule has 172 valence electrons. The minimum Gasteiger partial charge on any atom is -0.326 e. The molecule has 8 nitrogen and oxygen atoms in total. The lowest BCUT2D eigenvalue weighted by Gasteiger charge is -2.19. The molecule has 0 saturated carbocycles. The lowest BCUT2D eigenvalue weighted by molar-refractivity contribution is -0.114. The highest BCUT2D eigenvalue weighted by Crippen LogP contribution is 2.22. The molecule has 0 atom stereocenters. The smallest absolute Gasteiger partial charge is 0.279 e. The molecule has 1 aromatic heterocycles. The Kier molecular flexibility index (Phi) is 7.42. The molecule has 0 saturated heterocycles. The van der Waals surface area contributed by atoms with Crippen LogP contribution in [0.2, 0.25) is 0 Å². The van der Waals surface area contributed by atoms with Gasteiger partial charge in [0, 0.05) is 38.3 Å². The third-order valence-electron chi connectivity index (χ3n) is 4.73. The van der Waals surface area contributed by atoms with E-state index in [0.29, 0.717) is 10.5 Å². The molecule has 0 aliphatic heterocycles. The van der Waals surface area contributed by atoms with E-state index in [1.54, 1.807) is 17.7 Å². The van der Waals surface area contributed by atoms with E-state index in [9.17, 15) is 18.0 Å². The van der Waals surface area contributed by atoms with Crippen LogP contribution in [0.4, 0.5) is 5.69 Å². The maximum Gasteiger partial charge on any atom is 0.279 e. The summed E-state index contributed by atoms with van der Waals surface area (Å²) in [4.78, 5) is 28.8. The molecule has 1 N–H and O–H groups in total. The zero-order valence-corrected chi connectivity index (χ0v) is 19.9. The number of rotatable bonds is 8. The predicted molar refractivity (Wildman–Crippen MR) is 131 cm³/mol. The summed E-state index contributed by atoms with van der Waals surface area (Å²) < 4.78 is 29.5. The number of anilines is 1.